The van der Waals surface area contributed by atoms with Gasteiger partial charge in [0.05, 0.1) is 12.2 Å². The lowest BCUT2D eigenvalue weighted by atomic mass is 10.3. The standard InChI is InChI=1S/C10H14N2O3/c1-2-15-6-5-11-9-4-3-8(7-12-9)10(13)14/h3-4,7H,2,5-6H2,1H3,(H,11,12)(H,13,14). The van der Waals surface area contributed by atoms with E-state index in [1.165, 1.54) is 12.3 Å². The Morgan fingerprint density at radius 1 is 1.60 bits per heavy atom. The number of nitrogens with zero attached hydrogens (tertiary/aromatic N) is 1. The SMILES string of the molecule is CCOCCNc1ccc(C(=O)O)cn1. The van der Waals surface area contributed by atoms with Gasteiger partial charge in [0.15, 0.2) is 0 Å². The highest BCUT2D eigenvalue weighted by Crippen LogP contribution is 2.04. The Kier molecular flexibility index (Phi) is 4.56. The van der Waals surface area contributed by atoms with Gasteiger partial charge in [0.1, 0.15) is 5.82 Å². The molecule has 0 atom stereocenters. The van der Waals surface area contributed by atoms with Crippen LogP contribution in [0.4, 0.5) is 5.82 Å². The van der Waals surface area contributed by atoms with E-state index in [1.807, 2.05) is 6.92 Å². The molecule has 0 bridgehead atoms. The van der Waals surface area contributed by atoms with Crippen LogP contribution in [0.15, 0.2) is 18.3 Å². The molecule has 0 unspecified atom stereocenters. The van der Waals surface area contributed by atoms with Crippen molar-refractivity contribution < 1.29 is 14.6 Å². The largest absolute Gasteiger partial charge is 0.478 e. The minimum absolute atomic E-state index is 0.186. The van der Waals surface area contributed by atoms with Gasteiger partial charge in [0.2, 0.25) is 0 Å². The molecule has 0 saturated carbocycles. The van der Waals surface area contributed by atoms with Crippen LogP contribution in [0.25, 0.3) is 0 Å². The summed E-state index contributed by atoms with van der Waals surface area (Å²) in [4.78, 5) is 14.5. The van der Waals surface area contributed by atoms with Crippen molar-refractivity contribution in [2.75, 3.05) is 25.1 Å². The summed E-state index contributed by atoms with van der Waals surface area (Å²) >= 11 is 0. The number of nitrogens with one attached hydrogen (secondary N) is 1. The van der Waals surface area contributed by atoms with Crippen LogP contribution in [0, 0.1) is 0 Å². The summed E-state index contributed by atoms with van der Waals surface area (Å²) in [6.07, 6.45) is 1.32. The molecule has 1 heterocycles. The summed E-state index contributed by atoms with van der Waals surface area (Å²) in [5.41, 5.74) is 0.186. The van der Waals surface area contributed by atoms with E-state index in [0.29, 0.717) is 25.6 Å². The van der Waals surface area contributed by atoms with Crippen molar-refractivity contribution in [1.82, 2.24) is 4.98 Å². The number of carboxylic acids is 1. The topological polar surface area (TPSA) is 71.5 Å². The molecule has 5 heteroatoms. The molecular formula is C10H14N2O3. The van der Waals surface area contributed by atoms with Gasteiger partial charge in [-0.3, -0.25) is 0 Å². The predicted molar refractivity (Wildman–Crippen MR) is 56.2 cm³/mol. The summed E-state index contributed by atoms with van der Waals surface area (Å²) in [6, 6.07) is 3.15. The first-order valence-corrected chi connectivity index (χ1v) is 4.75. The van der Waals surface area contributed by atoms with E-state index in [1.54, 1.807) is 6.07 Å². The lowest BCUT2D eigenvalue weighted by Gasteiger charge is -2.05. The number of anilines is 1. The second-order valence-electron chi connectivity index (χ2n) is 2.86. The Morgan fingerprint density at radius 3 is 2.93 bits per heavy atom. The van der Waals surface area contributed by atoms with E-state index in [9.17, 15) is 4.79 Å². The van der Waals surface area contributed by atoms with Gasteiger partial charge in [-0.15, -0.1) is 0 Å². The molecule has 1 aromatic heterocycles. The fourth-order valence-electron chi connectivity index (χ4n) is 1.02. The van der Waals surface area contributed by atoms with Crippen LogP contribution in [0.5, 0.6) is 0 Å². The Morgan fingerprint density at radius 2 is 2.40 bits per heavy atom. The molecule has 82 valence electrons. The van der Waals surface area contributed by atoms with Crippen LogP contribution in [0.3, 0.4) is 0 Å². The third-order valence-electron chi connectivity index (χ3n) is 1.77. The number of aromatic carboxylic acids is 1. The summed E-state index contributed by atoms with van der Waals surface area (Å²) in [5.74, 6) is -0.317. The number of pyridine rings is 1. The van der Waals surface area contributed by atoms with Crippen LogP contribution >= 0.6 is 0 Å². The quantitative estimate of drug-likeness (QED) is 0.691. The van der Waals surface area contributed by atoms with Gasteiger partial charge < -0.3 is 15.2 Å². The first kappa shape index (κ1) is 11.5. The van der Waals surface area contributed by atoms with Crippen molar-refractivity contribution >= 4 is 11.8 Å². The van der Waals surface area contributed by atoms with Crippen LogP contribution in [0.2, 0.25) is 0 Å². The second kappa shape index (κ2) is 5.98. The minimum Gasteiger partial charge on any atom is -0.478 e. The van der Waals surface area contributed by atoms with Crippen LogP contribution in [0.1, 0.15) is 17.3 Å². The van der Waals surface area contributed by atoms with Crippen LogP contribution in [-0.4, -0.2) is 35.8 Å². The zero-order valence-electron chi connectivity index (χ0n) is 8.56. The van der Waals surface area contributed by atoms with Crippen molar-refractivity contribution in [1.29, 1.82) is 0 Å². The molecule has 0 fully saturated rings. The molecule has 0 aliphatic rings. The third-order valence-corrected chi connectivity index (χ3v) is 1.77. The Bertz CT molecular complexity index is 311. The molecular weight excluding hydrogens is 196 g/mol. The van der Waals surface area contributed by atoms with Gasteiger partial charge in [-0.2, -0.15) is 0 Å². The highest BCUT2D eigenvalue weighted by molar-refractivity contribution is 5.87. The normalized spacial score (nSPS) is 9.93. The summed E-state index contributed by atoms with van der Waals surface area (Å²) in [5, 5.41) is 11.7. The number of ether oxygens (including phenoxy) is 1. The summed E-state index contributed by atoms with van der Waals surface area (Å²) in [6.45, 7) is 3.89. The highest BCUT2D eigenvalue weighted by atomic mass is 16.5. The molecule has 5 nitrogen and oxygen atoms in total. The number of hydrogen-bond donors (Lipinski definition) is 2. The first-order chi connectivity index (χ1) is 7.24. The van der Waals surface area contributed by atoms with Gasteiger partial charge in [-0.1, -0.05) is 0 Å². The Hall–Kier alpha value is -1.62. The molecule has 0 aromatic carbocycles. The van der Waals surface area contributed by atoms with E-state index in [0.717, 1.165) is 0 Å². The predicted octanol–water partition coefficient (Wildman–Crippen LogP) is 1.23. The molecule has 1 aromatic rings. The maximum atomic E-state index is 10.5. The van der Waals surface area contributed by atoms with Gasteiger partial charge in [0.25, 0.3) is 0 Å². The van der Waals surface area contributed by atoms with E-state index in [4.69, 9.17) is 9.84 Å². The van der Waals surface area contributed by atoms with Crippen molar-refractivity contribution in [3.8, 4) is 0 Å². The maximum absolute atomic E-state index is 10.5. The molecule has 0 spiro atoms. The molecule has 0 aliphatic heterocycles. The number of hydrogen-bond acceptors (Lipinski definition) is 4. The molecule has 0 aliphatic carbocycles. The maximum Gasteiger partial charge on any atom is 0.337 e. The molecule has 2 N–H and O–H groups in total. The number of carboxylic acid groups (broad SMARTS) is 1. The van der Waals surface area contributed by atoms with E-state index in [-0.39, 0.29) is 5.56 Å². The van der Waals surface area contributed by atoms with Crippen molar-refractivity contribution in [3.05, 3.63) is 23.9 Å². The fourth-order valence-corrected chi connectivity index (χ4v) is 1.02. The van der Waals surface area contributed by atoms with E-state index < -0.39 is 5.97 Å². The monoisotopic (exact) mass is 210 g/mol. The molecule has 0 saturated heterocycles. The summed E-state index contributed by atoms with van der Waals surface area (Å²) in [7, 11) is 0. The van der Waals surface area contributed by atoms with E-state index >= 15 is 0 Å². The fraction of sp³-hybridized carbons (Fsp3) is 0.400. The van der Waals surface area contributed by atoms with Gasteiger partial charge in [0, 0.05) is 19.3 Å². The minimum atomic E-state index is -0.969. The average Bonchev–Trinajstić information content (AvgIpc) is 2.25. The zero-order valence-corrected chi connectivity index (χ0v) is 8.56. The number of carbonyl (C=O) groups is 1. The first-order valence-electron chi connectivity index (χ1n) is 4.75. The van der Waals surface area contributed by atoms with Crippen molar-refractivity contribution in [3.63, 3.8) is 0 Å². The Balaban J connectivity index is 2.39. The van der Waals surface area contributed by atoms with Gasteiger partial charge >= 0.3 is 5.97 Å². The Labute approximate surface area is 88.1 Å². The average molecular weight is 210 g/mol. The van der Waals surface area contributed by atoms with Gasteiger partial charge in [-0.05, 0) is 19.1 Å². The summed E-state index contributed by atoms with van der Waals surface area (Å²) < 4.78 is 5.13. The highest BCUT2D eigenvalue weighted by Gasteiger charge is 2.01. The molecule has 0 radical (unpaired) electrons. The van der Waals surface area contributed by atoms with Gasteiger partial charge in [-0.25, -0.2) is 9.78 Å². The van der Waals surface area contributed by atoms with Crippen molar-refractivity contribution in [2.24, 2.45) is 0 Å². The van der Waals surface area contributed by atoms with Crippen LogP contribution in [-0.2, 0) is 4.74 Å². The number of rotatable bonds is 6. The molecule has 15 heavy (non-hydrogen) atoms. The van der Waals surface area contributed by atoms with E-state index in [2.05, 4.69) is 10.3 Å². The third kappa shape index (κ3) is 3.95. The lowest BCUT2D eigenvalue weighted by molar-refractivity contribution is 0.0696. The van der Waals surface area contributed by atoms with Crippen molar-refractivity contribution in [2.45, 2.75) is 6.92 Å². The smallest absolute Gasteiger partial charge is 0.337 e. The number of aromatic nitrogens is 1. The molecule has 1 rings (SSSR count). The second-order valence-corrected chi connectivity index (χ2v) is 2.86. The molecule has 0 amide bonds. The lowest BCUT2D eigenvalue weighted by Crippen LogP contribution is -2.10. The zero-order chi connectivity index (χ0) is 11.1. The van der Waals surface area contributed by atoms with Crippen LogP contribution < -0.4 is 5.32 Å².